The molecule has 0 unspecified atom stereocenters. The average Bonchev–Trinajstić information content (AvgIpc) is 3.53. The second-order valence-corrected chi connectivity index (χ2v) is 10.3. The van der Waals surface area contributed by atoms with E-state index in [1.165, 1.54) is 0 Å². The molecule has 1 atom stereocenters. The quantitative estimate of drug-likeness (QED) is 0.189. The molecular formula is C30H35ClN8O2. The molecule has 41 heavy (non-hydrogen) atoms. The van der Waals surface area contributed by atoms with Gasteiger partial charge in [-0.15, -0.1) is 22.6 Å². The van der Waals surface area contributed by atoms with Gasteiger partial charge in [-0.3, -0.25) is 9.59 Å². The van der Waals surface area contributed by atoms with Gasteiger partial charge >= 0.3 is 0 Å². The van der Waals surface area contributed by atoms with Crippen LogP contribution in [0.15, 0.2) is 72.8 Å². The molecule has 1 aromatic heterocycles. The van der Waals surface area contributed by atoms with Gasteiger partial charge in [-0.25, -0.2) is 0 Å². The van der Waals surface area contributed by atoms with Crippen molar-refractivity contribution in [2.75, 3.05) is 17.6 Å². The number of carbonyl (C=O) groups excluding carboxylic acids is 2. The van der Waals surface area contributed by atoms with Crippen molar-refractivity contribution in [2.45, 2.75) is 38.1 Å². The van der Waals surface area contributed by atoms with Gasteiger partial charge < -0.3 is 22.1 Å². The van der Waals surface area contributed by atoms with Crippen molar-refractivity contribution in [2.24, 2.45) is 17.6 Å². The third kappa shape index (κ3) is 7.47. The van der Waals surface area contributed by atoms with Crippen LogP contribution in [0.25, 0.3) is 22.5 Å². The number of hydrogen-bond donors (Lipinski definition) is 5. The van der Waals surface area contributed by atoms with Gasteiger partial charge in [0, 0.05) is 34.8 Å². The van der Waals surface area contributed by atoms with E-state index in [4.69, 9.17) is 11.5 Å². The summed E-state index contributed by atoms with van der Waals surface area (Å²) in [6.45, 7) is 0.648. The van der Waals surface area contributed by atoms with Crippen LogP contribution in [0.3, 0.4) is 0 Å². The van der Waals surface area contributed by atoms with Crippen LogP contribution < -0.4 is 22.1 Å². The molecule has 0 bridgehead atoms. The number of nitrogen functional groups attached to an aromatic ring is 1. The third-order valence-corrected chi connectivity index (χ3v) is 7.61. The Morgan fingerprint density at radius 1 is 0.927 bits per heavy atom. The number of nitrogens with zero attached hydrogens (tertiary/aromatic N) is 3. The maximum Gasteiger partial charge on any atom is 0.247 e. The third-order valence-electron chi connectivity index (χ3n) is 7.61. The van der Waals surface area contributed by atoms with Crippen LogP contribution in [-0.4, -0.2) is 45.0 Å². The molecule has 0 spiro atoms. The normalized spacial score (nSPS) is 17.2. The number of benzene rings is 3. The van der Waals surface area contributed by atoms with E-state index in [9.17, 15) is 9.59 Å². The fourth-order valence-electron chi connectivity index (χ4n) is 5.19. The SMILES string of the molecule is Cl.NCC1CCC(C(=O)N[C@@H](Cc2ccc(-c3ccccc3N)cc2)C(=O)Nc2ccc(-c3nn[nH]n3)cc2)CC1. The predicted octanol–water partition coefficient (Wildman–Crippen LogP) is 3.97. The summed E-state index contributed by atoms with van der Waals surface area (Å²) in [5.41, 5.74) is 16.9. The van der Waals surface area contributed by atoms with E-state index in [2.05, 4.69) is 31.3 Å². The fraction of sp³-hybridized carbons (Fsp3) is 0.300. The number of aromatic amines is 1. The highest BCUT2D eigenvalue weighted by Gasteiger charge is 2.29. The summed E-state index contributed by atoms with van der Waals surface area (Å²) < 4.78 is 0. The van der Waals surface area contributed by atoms with Gasteiger partial charge in [0.1, 0.15) is 6.04 Å². The number of amides is 2. The summed E-state index contributed by atoms with van der Waals surface area (Å²) in [5, 5.41) is 19.9. The number of anilines is 2. The van der Waals surface area contributed by atoms with Gasteiger partial charge in [0.25, 0.3) is 0 Å². The zero-order chi connectivity index (χ0) is 27.9. The number of nitrogens with two attached hydrogens (primary N) is 2. The van der Waals surface area contributed by atoms with E-state index in [1.54, 1.807) is 24.3 Å². The van der Waals surface area contributed by atoms with E-state index < -0.39 is 6.04 Å². The average molecular weight is 575 g/mol. The highest BCUT2D eigenvalue weighted by molar-refractivity contribution is 5.97. The Morgan fingerprint density at radius 2 is 1.61 bits per heavy atom. The number of nitrogens with one attached hydrogen (secondary N) is 3. The van der Waals surface area contributed by atoms with Crippen molar-refractivity contribution in [1.29, 1.82) is 0 Å². The van der Waals surface area contributed by atoms with Gasteiger partial charge in [-0.05, 0) is 84.8 Å². The first-order valence-electron chi connectivity index (χ1n) is 13.6. The van der Waals surface area contributed by atoms with Crippen LogP contribution in [0.4, 0.5) is 11.4 Å². The Hall–Kier alpha value is -4.28. The van der Waals surface area contributed by atoms with E-state index in [0.717, 1.165) is 47.9 Å². The lowest BCUT2D eigenvalue weighted by Crippen LogP contribution is -2.48. The van der Waals surface area contributed by atoms with Crippen molar-refractivity contribution in [3.05, 3.63) is 78.4 Å². The second-order valence-electron chi connectivity index (χ2n) is 10.3. The Bertz CT molecular complexity index is 1420. The summed E-state index contributed by atoms with van der Waals surface area (Å²) >= 11 is 0. The molecule has 5 rings (SSSR count). The minimum absolute atomic E-state index is 0. The molecule has 7 N–H and O–H groups in total. The summed E-state index contributed by atoms with van der Waals surface area (Å²) in [4.78, 5) is 26.7. The second kappa shape index (κ2) is 13.9. The highest BCUT2D eigenvalue weighted by Crippen LogP contribution is 2.29. The molecular weight excluding hydrogens is 540 g/mol. The monoisotopic (exact) mass is 574 g/mol. The fourth-order valence-corrected chi connectivity index (χ4v) is 5.19. The molecule has 3 aromatic carbocycles. The van der Waals surface area contributed by atoms with Crippen molar-refractivity contribution in [3.63, 3.8) is 0 Å². The number of aromatic nitrogens is 4. The van der Waals surface area contributed by atoms with Crippen LogP contribution in [0.2, 0.25) is 0 Å². The van der Waals surface area contributed by atoms with Gasteiger partial charge in [0.15, 0.2) is 0 Å². The van der Waals surface area contributed by atoms with Crippen molar-refractivity contribution in [1.82, 2.24) is 25.9 Å². The summed E-state index contributed by atoms with van der Waals surface area (Å²) in [6.07, 6.45) is 3.78. The molecule has 0 saturated heterocycles. The largest absolute Gasteiger partial charge is 0.398 e. The van der Waals surface area contributed by atoms with E-state index >= 15 is 0 Å². The topological polar surface area (TPSA) is 165 Å². The molecule has 0 radical (unpaired) electrons. The number of H-pyrrole nitrogens is 1. The van der Waals surface area contributed by atoms with E-state index in [0.29, 0.717) is 36.1 Å². The lowest BCUT2D eigenvalue weighted by atomic mass is 9.81. The van der Waals surface area contributed by atoms with Crippen molar-refractivity contribution >= 4 is 35.6 Å². The van der Waals surface area contributed by atoms with Crippen LogP contribution in [0.5, 0.6) is 0 Å². The number of para-hydroxylation sites is 1. The molecule has 4 aromatic rings. The number of tetrazole rings is 1. The van der Waals surface area contributed by atoms with E-state index in [-0.39, 0.29) is 30.1 Å². The Morgan fingerprint density at radius 3 is 2.24 bits per heavy atom. The predicted molar refractivity (Wildman–Crippen MR) is 162 cm³/mol. The Kier molecular flexibility index (Phi) is 10.0. The lowest BCUT2D eigenvalue weighted by molar-refractivity contribution is -0.130. The van der Waals surface area contributed by atoms with Crippen LogP contribution in [0, 0.1) is 11.8 Å². The van der Waals surface area contributed by atoms with Crippen LogP contribution in [0.1, 0.15) is 31.2 Å². The van der Waals surface area contributed by atoms with E-state index in [1.807, 2.05) is 48.5 Å². The number of halogens is 1. The van der Waals surface area contributed by atoms with Gasteiger partial charge in [-0.1, -0.05) is 42.5 Å². The maximum atomic E-state index is 13.5. The van der Waals surface area contributed by atoms with Gasteiger partial charge in [0.2, 0.25) is 17.6 Å². The molecule has 1 aliphatic rings. The van der Waals surface area contributed by atoms with Crippen LogP contribution in [-0.2, 0) is 16.0 Å². The number of hydrogen-bond acceptors (Lipinski definition) is 7. The van der Waals surface area contributed by atoms with Gasteiger partial charge in [-0.2, -0.15) is 5.21 Å². The molecule has 1 saturated carbocycles. The number of rotatable bonds is 9. The molecule has 214 valence electrons. The molecule has 11 heteroatoms. The maximum absolute atomic E-state index is 13.5. The minimum atomic E-state index is -0.746. The summed E-state index contributed by atoms with van der Waals surface area (Å²) in [6, 6.07) is 22.0. The molecule has 2 amide bonds. The van der Waals surface area contributed by atoms with Crippen molar-refractivity contribution in [3.8, 4) is 22.5 Å². The highest BCUT2D eigenvalue weighted by atomic mass is 35.5. The first-order chi connectivity index (χ1) is 19.5. The van der Waals surface area contributed by atoms with Gasteiger partial charge in [0.05, 0.1) is 0 Å². The summed E-state index contributed by atoms with van der Waals surface area (Å²) in [7, 11) is 0. The Balaban J connectivity index is 0.00000387. The first-order valence-corrected chi connectivity index (χ1v) is 13.6. The smallest absolute Gasteiger partial charge is 0.247 e. The standard InChI is InChI=1S/C30H34N8O2.ClH/c31-18-20-7-11-23(12-8-20)29(39)34-27(17-19-5-9-21(10-6-19)25-3-1-2-4-26(25)32)30(40)33-24-15-13-22(14-16-24)28-35-37-38-36-28;/h1-6,9-10,13-16,20,23,27H,7-8,11-12,17-18,31-32H2,(H,33,40)(H,34,39)(H,35,36,37,38);1H/t20?,23?,27-;/m0./s1. The zero-order valence-corrected chi connectivity index (χ0v) is 23.4. The first kappa shape index (κ1) is 29.7. The molecule has 10 nitrogen and oxygen atoms in total. The molecule has 0 aliphatic heterocycles. The number of carbonyl (C=O) groups is 2. The van der Waals surface area contributed by atoms with Crippen molar-refractivity contribution < 1.29 is 9.59 Å². The molecule has 1 aliphatic carbocycles. The Labute approximate surface area is 245 Å². The lowest BCUT2D eigenvalue weighted by Gasteiger charge is -2.28. The molecule has 1 fully saturated rings. The van der Waals surface area contributed by atoms with Crippen LogP contribution >= 0.6 is 12.4 Å². The minimum Gasteiger partial charge on any atom is -0.398 e. The summed E-state index contributed by atoms with van der Waals surface area (Å²) in [5.74, 6) is 0.448. The molecule has 1 heterocycles. The zero-order valence-electron chi connectivity index (χ0n) is 22.6.